The lowest BCUT2D eigenvalue weighted by atomic mass is 10.0. The summed E-state index contributed by atoms with van der Waals surface area (Å²) in [5.41, 5.74) is -3.99. The number of carboxylic acids is 1. The number of aromatic nitrogens is 1. The van der Waals surface area contributed by atoms with E-state index < -0.39 is 23.4 Å². The summed E-state index contributed by atoms with van der Waals surface area (Å²) in [5, 5.41) is 17.7. The Labute approximate surface area is 88.4 Å². The van der Waals surface area contributed by atoms with E-state index in [1.807, 2.05) is 0 Å². The van der Waals surface area contributed by atoms with Gasteiger partial charge in [0.15, 0.2) is 5.60 Å². The summed E-state index contributed by atoms with van der Waals surface area (Å²) < 4.78 is 37.1. The van der Waals surface area contributed by atoms with Crippen molar-refractivity contribution in [3.63, 3.8) is 0 Å². The van der Waals surface area contributed by atoms with Crippen LogP contribution in [0.5, 0.6) is 0 Å². The van der Waals surface area contributed by atoms with Crippen molar-refractivity contribution in [3.05, 3.63) is 29.6 Å². The third-order valence-corrected chi connectivity index (χ3v) is 2.06. The van der Waals surface area contributed by atoms with Crippen LogP contribution in [0.1, 0.15) is 23.0 Å². The molecule has 0 amide bonds. The van der Waals surface area contributed by atoms with Crippen LogP contribution in [0.4, 0.5) is 13.2 Å². The first-order chi connectivity index (χ1) is 7.16. The monoisotopic (exact) mass is 235 g/mol. The Morgan fingerprint density at radius 1 is 1.38 bits per heavy atom. The average molecular weight is 235 g/mol. The van der Waals surface area contributed by atoms with Crippen molar-refractivity contribution < 1.29 is 28.2 Å². The zero-order valence-electron chi connectivity index (χ0n) is 8.12. The number of halogens is 3. The Morgan fingerprint density at radius 3 is 2.25 bits per heavy atom. The molecule has 0 fully saturated rings. The fraction of sp³-hybridized carbons (Fsp3) is 0.333. The molecule has 0 saturated heterocycles. The molecule has 0 aliphatic carbocycles. The molecule has 7 heteroatoms. The summed E-state index contributed by atoms with van der Waals surface area (Å²) in [6, 6.07) is 1.78. The average Bonchev–Trinajstić information content (AvgIpc) is 2.16. The van der Waals surface area contributed by atoms with Crippen molar-refractivity contribution in [3.8, 4) is 0 Å². The van der Waals surface area contributed by atoms with Crippen molar-refractivity contribution in [2.45, 2.75) is 18.7 Å². The largest absolute Gasteiger partial charge is 0.478 e. The van der Waals surface area contributed by atoms with E-state index in [2.05, 4.69) is 4.98 Å². The van der Waals surface area contributed by atoms with Crippen molar-refractivity contribution >= 4 is 5.97 Å². The fourth-order valence-corrected chi connectivity index (χ4v) is 0.954. The van der Waals surface area contributed by atoms with Gasteiger partial charge in [0.2, 0.25) is 0 Å². The summed E-state index contributed by atoms with van der Waals surface area (Å²) in [6.07, 6.45) is -4.11. The van der Waals surface area contributed by atoms with Crippen LogP contribution in [0.15, 0.2) is 18.3 Å². The topological polar surface area (TPSA) is 70.4 Å². The predicted octanol–water partition coefficient (Wildman–Crippen LogP) is 1.55. The molecular weight excluding hydrogens is 227 g/mol. The predicted molar refractivity (Wildman–Crippen MR) is 46.8 cm³/mol. The molecule has 1 aromatic rings. The first-order valence-electron chi connectivity index (χ1n) is 4.15. The second-order valence-electron chi connectivity index (χ2n) is 3.31. The number of carboxylic acid groups (broad SMARTS) is 1. The van der Waals surface area contributed by atoms with Crippen LogP contribution in [0, 0.1) is 0 Å². The summed E-state index contributed by atoms with van der Waals surface area (Å²) in [6.45, 7) is 0.551. The number of carbonyl (C=O) groups is 1. The number of aromatic carboxylic acids is 1. The van der Waals surface area contributed by atoms with Crippen LogP contribution in [0.25, 0.3) is 0 Å². The third kappa shape index (κ3) is 2.13. The second-order valence-corrected chi connectivity index (χ2v) is 3.31. The van der Waals surface area contributed by atoms with Gasteiger partial charge in [-0.05, 0) is 19.1 Å². The number of rotatable bonds is 2. The van der Waals surface area contributed by atoms with Crippen LogP contribution in [0.2, 0.25) is 0 Å². The maximum atomic E-state index is 12.4. The molecule has 88 valence electrons. The molecule has 2 N–H and O–H groups in total. The summed E-state index contributed by atoms with van der Waals surface area (Å²) in [4.78, 5) is 13.7. The van der Waals surface area contributed by atoms with Crippen molar-refractivity contribution in [1.82, 2.24) is 4.98 Å². The van der Waals surface area contributed by atoms with Gasteiger partial charge in [0, 0.05) is 6.20 Å². The standard InChI is InChI=1S/C9H8F3NO3/c1-8(16,9(10,11)12)6-3-2-5(4-13-6)7(14)15/h2-4,16H,1H3,(H,14,15). The molecule has 0 aliphatic heterocycles. The molecule has 0 aliphatic rings. The Bertz CT molecular complexity index is 397. The smallest absolute Gasteiger partial charge is 0.422 e. The van der Waals surface area contributed by atoms with E-state index in [1.165, 1.54) is 0 Å². The van der Waals surface area contributed by atoms with Crippen LogP contribution < -0.4 is 0 Å². The van der Waals surface area contributed by atoms with Crippen LogP contribution in [0.3, 0.4) is 0 Å². The summed E-state index contributed by atoms with van der Waals surface area (Å²) in [5.74, 6) is -1.30. The Kier molecular flexibility index (Phi) is 2.91. The van der Waals surface area contributed by atoms with Gasteiger partial charge in [0.1, 0.15) is 0 Å². The molecule has 1 heterocycles. The highest BCUT2D eigenvalue weighted by atomic mass is 19.4. The van der Waals surface area contributed by atoms with Gasteiger partial charge in [-0.3, -0.25) is 4.98 Å². The minimum atomic E-state index is -4.87. The summed E-state index contributed by atoms with van der Waals surface area (Å²) >= 11 is 0. The molecule has 0 spiro atoms. The van der Waals surface area contributed by atoms with E-state index in [1.54, 1.807) is 0 Å². The van der Waals surface area contributed by atoms with Crippen LogP contribution in [-0.2, 0) is 5.60 Å². The molecule has 4 nitrogen and oxygen atoms in total. The van der Waals surface area contributed by atoms with Gasteiger partial charge in [-0.25, -0.2) is 4.79 Å². The van der Waals surface area contributed by atoms with Gasteiger partial charge >= 0.3 is 12.1 Å². The minimum absolute atomic E-state index is 0.248. The van der Waals surface area contributed by atoms with Gasteiger partial charge in [0.05, 0.1) is 11.3 Å². The number of hydrogen-bond acceptors (Lipinski definition) is 3. The van der Waals surface area contributed by atoms with E-state index in [0.29, 0.717) is 6.92 Å². The lowest BCUT2D eigenvalue weighted by Gasteiger charge is -2.25. The molecule has 1 aromatic heterocycles. The van der Waals surface area contributed by atoms with Gasteiger partial charge in [-0.15, -0.1) is 0 Å². The molecule has 1 atom stereocenters. The number of pyridine rings is 1. The van der Waals surface area contributed by atoms with E-state index >= 15 is 0 Å². The van der Waals surface area contributed by atoms with Gasteiger partial charge < -0.3 is 10.2 Å². The molecule has 0 saturated carbocycles. The Morgan fingerprint density at radius 2 is 1.94 bits per heavy atom. The molecule has 0 aromatic carbocycles. The molecule has 1 unspecified atom stereocenters. The zero-order valence-corrected chi connectivity index (χ0v) is 8.12. The summed E-state index contributed by atoms with van der Waals surface area (Å²) in [7, 11) is 0. The lowest BCUT2D eigenvalue weighted by molar-refractivity contribution is -0.260. The van der Waals surface area contributed by atoms with E-state index in [9.17, 15) is 23.1 Å². The van der Waals surface area contributed by atoms with Crippen molar-refractivity contribution in [2.24, 2.45) is 0 Å². The number of nitrogens with zero attached hydrogens (tertiary/aromatic N) is 1. The lowest BCUT2D eigenvalue weighted by Crippen LogP contribution is -2.40. The van der Waals surface area contributed by atoms with Gasteiger partial charge in [-0.2, -0.15) is 13.2 Å². The molecule has 0 radical (unpaired) electrons. The van der Waals surface area contributed by atoms with Crippen molar-refractivity contribution in [1.29, 1.82) is 0 Å². The van der Waals surface area contributed by atoms with Gasteiger partial charge in [-0.1, -0.05) is 0 Å². The highest BCUT2D eigenvalue weighted by Crippen LogP contribution is 2.37. The van der Waals surface area contributed by atoms with Gasteiger partial charge in [0.25, 0.3) is 0 Å². The molecular formula is C9H8F3NO3. The number of hydrogen-bond donors (Lipinski definition) is 2. The van der Waals surface area contributed by atoms with Crippen molar-refractivity contribution in [2.75, 3.05) is 0 Å². The highest BCUT2D eigenvalue weighted by Gasteiger charge is 2.52. The minimum Gasteiger partial charge on any atom is -0.478 e. The molecule has 0 bridgehead atoms. The molecule has 16 heavy (non-hydrogen) atoms. The SMILES string of the molecule is CC(O)(c1ccc(C(=O)O)cn1)C(F)(F)F. The second kappa shape index (κ2) is 3.75. The highest BCUT2D eigenvalue weighted by molar-refractivity contribution is 5.87. The molecule has 1 rings (SSSR count). The normalized spacial score (nSPS) is 15.6. The Balaban J connectivity index is 3.11. The zero-order chi connectivity index (χ0) is 12.6. The first kappa shape index (κ1) is 12.4. The first-order valence-corrected chi connectivity index (χ1v) is 4.15. The van der Waals surface area contributed by atoms with E-state index in [4.69, 9.17) is 5.11 Å². The maximum absolute atomic E-state index is 12.4. The number of aliphatic hydroxyl groups is 1. The quantitative estimate of drug-likeness (QED) is 0.815. The third-order valence-electron chi connectivity index (χ3n) is 2.06. The van der Waals surface area contributed by atoms with E-state index in [0.717, 1.165) is 18.3 Å². The maximum Gasteiger partial charge on any atom is 0.422 e. The van der Waals surface area contributed by atoms with Crippen LogP contribution >= 0.6 is 0 Å². The number of alkyl halides is 3. The fourth-order valence-electron chi connectivity index (χ4n) is 0.954. The Hall–Kier alpha value is -1.63. The van der Waals surface area contributed by atoms with Crippen LogP contribution in [-0.4, -0.2) is 27.3 Å². The van der Waals surface area contributed by atoms with E-state index in [-0.39, 0.29) is 5.56 Å².